The molecule has 8 heteroatoms. The predicted molar refractivity (Wildman–Crippen MR) is 95.9 cm³/mol. The highest BCUT2D eigenvalue weighted by atomic mass is 16.7. The molecule has 0 bridgehead atoms. The van der Waals surface area contributed by atoms with Gasteiger partial charge in [0, 0.05) is 0 Å². The molecule has 0 saturated carbocycles. The van der Waals surface area contributed by atoms with E-state index in [0.29, 0.717) is 11.0 Å². The Morgan fingerprint density at radius 1 is 0.731 bits per heavy atom. The summed E-state index contributed by atoms with van der Waals surface area (Å²) in [6, 6.07) is 6.60. The zero-order valence-electron chi connectivity index (χ0n) is 14.9. The highest BCUT2D eigenvalue weighted by molar-refractivity contribution is 6.62. The van der Waals surface area contributed by atoms with Gasteiger partial charge in [0.2, 0.25) is 17.2 Å². The van der Waals surface area contributed by atoms with E-state index in [2.05, 4.69) is 0 Å². The predicted octanol–water partition coefficient (Wildman–Crippen LogP) is 2.18. The minimum absolute atomic E-state index is 0.212. The topological polar surface area (TPSA) is 120 Å². The van der Waals surface area contributed by atoms with Crippen molar-refractivity contribution in [1.82, 2.24) is 0 Å². The SMILES string of the molecule is CC1(C)OB(c2cccc(-c3c(O)c(O)c(O)c(O)c3O)c2)OC1(C)C. The van der Waals surface area contributed by atoms with Crippen LogP contribution in [0.15, 0.2) is 24.3 Å². The lowest BCUT2D eigenvalue weighted by atomic mass is 9.78. The number of phenolic OH excluding ortho intramolecular Hbond substituents is 5. The number of benzene rings is 2. The molecule has 0 radical (unpaired) electrons. The van der Waals surface area contributed by atoms with E-state index in [0.717, 1.165) is 0 Å². The standard InChI is InChI=1S/C18H21BO7/c1-17(2)18(3,4)26-19(25-17)10-7-5-6-9(8-10)11-12(20)14(22)16(24)15(23)13(11)21/h5-8,20-24H,1-4H3. The van der Waals surface area contributed by atoms with Gasteiger partial charge in [-0.25, -0.2) is 0 Å². The summed E-state index contributed by atoms with van der Waals surface area (Å²) in [5.41, 5.74) is -0.346. The van der Waals surface area contributed by atoms with Crippen molar-refractivity contribution in [2.24, 2.45) is 0 Å². The van der Waals surface area contributed by atoms with Crippen molar-refractivity contribution in [3.8, 4) is 39.9 Å². The van der Waals surface area contributed by atoms with Crippen molar-refractivity contribution in [2.45, 2.75) is 38.9 Å². The number of phenols is 5. The maximum absolute atomic E-state index is 10.1. The third kappa shape index (κ3) is 2.62. The second-order valence-corrected chi connectivity index (χ2v) is 7.33. The van der Waals surface area contributed by atoms with Crippen molar-refractivity contribution < 1.29 is 34.8 Å². The van der Waals surface area contributed by atoms with Crippen molar-refractivity contribution in [2.75, 3.05) is 0 Å². The molecule has 0 unspecified atom stereocenters. The van der Waals surface area contributed by atoms with Gasteiger partial charge in [-0.15, -0.1) is 0 Å². The van der Waals surface area contributed by atoms with E-state index in [9.17, 15) is 25.5 Å². The lowest BCUT2D eigenvalue weighted by molar-refractivity contribution is 0.00578. The second kappa shape index (κ2) is 5.72. The fourth-order valence-corrected chi connectivity index (χ4v) is 2.78. The summed E-state index contributed by atoms with van der Waals surface area (Å²) in [4.78, 5) is 0. The third-order valence-electron chi connectivity index (χ3n) is 5.07. The van der Waals surface area contributed by atoms with Gasteiger partial charge in [0.25, 0.3) is 0 Å². The molecule has 1 heterocycles. The van der Waals surface area contributed by atoms with Crippen LogP contribution in [0.25, 0.3) is 11.1 Å². The lowest BCUT2D eigenvalue weighted by Crippen LogP contribution is -2.41. The van der Waals surface area contributed by atoms with Crippen LogP contribution in [0.5, 0.6) is 28.7 Å². The molecule has 0 spiro atoms. The average Bonchev–Trinajstić information content (AvgIpc) is 2.79. The second-order valence-electron chi connectivity index (χ2n) is 7.33. The summed E-state index contributed by atoms with van der Waals surface area (Å²) in [5, 5.41) is 49.3. The van der Waals surface area contributed by atoms with Gasteiger partial charge in [-0.3, -0.25) is 0 Å². The van der Waals surface area contributed by atoms with Gasteiger partial charge in [-0.1, -0.05) is 24.3 Å². The van der Waals surface area contributed by atoms with Gasteiger partial charge >= 0.3 is 7.12 Å². The van der Waals surface area contributed by atoms with Crippen LogP contribution in [-0.4, -0.2) is 43.9 Å². The smallest absolute Gasteiger partial charge is 0.494 e. The molecule has 0 atom stereocenters. The molecule has 1 fully saturated rings. The van der Waals surface area contributed by atoms with E-state index in [-0.39, 0.29) is 5.56 Å². The molecule has 138 valence electrons. The minimum atomic E-state index is -0.995. The molecule has 3 rings (SSSR count). The van der Waals surface area contributed by atoms with Gasteiger partial charge in [-0.05, 0) is 38.7 Å². The molecule has 0 aromatic heterocycles. The third-order valence-corrected chi connectivity index (χ3v) is 5.07. The molecule has 7 nitrogen and oxygen atoms in total. The van der Waals surface area contributed by atoms with E-state index >= 15 is 0 Å². The zero-order chi connectivity index (χ0) is 19.4. The molecule has 2 aromatic carbocycles. The van der Waals surface area contributed by atoms with Crippen LogP contribution in [0.4, 0.5) is 0 Å². The Morgan fingerprint density at radius 2 is 1.19 bits per heavy atom. The van der Waals surface area contributed by atoms with E-state index in [1.54, 1.807) is 24.3 Å². The Morgan fingerprint density at radius 3 is 1.69 bits per heavy atom. The number of rotatable bonds is 2. The Hall–Kier alpha value is -2.58. The van der Waals surface area contributed by atoms with Crippen LogP contribution in [0.1, 0.15) is 27.7 Å². The minimum Gasteiger partial charge on any atom is -0.504 e. The molecule has 26 heavy (non-hydrogen) atoms. The van der Waals surface area contributed by atoms with Crippen molar-refractivity contribution in [3.63, 3.8) is 0 Å². The molecule has 1 aliphatic heterocycles. The maximum atomic E-state index is 10.1. The maximum Gasteiger partial charge on any atom is 0.494 e. The first-order chi connectivity index (χ1) is 12.0. The van der Waals surface area contributed by atoms with E-state index in [1.807, 2.05) is 27.7 Å². The van der Waals surface area contributed by atoms with Gasteiger partial charge < -0.3 is 34.8 Å². The Labute approximate surface area is 151 Å². The first kappa shape index (κ1) is 18.2. The molecule has 1 aliphatic rings. The summed E-state index contributed by atoms with van der Waals surface area (Å²) in [7, 11) is -0.663. The molecule has 1 saturated heterocycles. The summed E-state index contributed by atoms with van der Waals surface area (Å²) in [5.74, 6) is -4.33. The van der Waals surface area contributed by atoms with Crippen molar-refractivity contribution in [1.29, 1.82) is 0 Å². The fraction of sp³-hybridized carbons (Fsp3) is 0.333. The van der Waals surface area contributed by atoms with Gasteiger partial charge in [0.05, 0.1) is 16.8 Å². The van der Waals surface area contributed by atoms with Crippen molar-refractivity contribution in [3.05, 3.63) is 24.3 Å². The number of hydrogen-bond acceptors (Lipinski definition) is 7. The first-order valence-corrected chi connectivity index (χ1v) is 8.11. The largest absolute Gasteiger partial charge is 0.504 e. The zero-order valence-corrected chi connectivity index (χ0v) is 14.9. The summed E-state index contributed by atoms with van der Waals surface area (Å²) < 4.78 is 12.0. The highest BCUT2D eigenvalue weighted by Gasteiger charge is 2.51. The van der Waals surface area contributed by atoms with Crippen LogP contribution in [0.3, 0.4) is 0 Å². The van der Waals surface area contributed by atoms with Crippen LogP contribution < -0.4 is 5.46 Å². The van der Waals surface area contributed by atoms with Crippen LogP contribution in [-0.2, 0) is 9.31 Å². The molecule has 0 amide bonds. The van der Waals surface area contributed by atoms with E-state index in [4.69, 9.17) is 9.31 Å². The molecular formula is C18H21BO7. The Bertz CT molecular complexity index is 831. The normalized spacial score (nSPS) is 18.2. The Kier molecular flexibility index (Phi) is 4.01. The average molecular weight is 360 g/mol. The van der Waals surface area contributed by atoms with Crippen LogP contribution in [0, 0.1) is 0 Å². The van der Waals surface area contributed by atoms with Gasteiger partial charge in [0.1, 0.15) is 0 Å². The van der Waals surface area contributed by atoms with Crippen LogP contribution in [0.2, 0.25) is 0 Å². The lowest BCUT2D eigenvalue weighted by Gasteiger charge is -2.32. The highest BCUT2D eigenvalue weighted by Crippen LogP contribution is 2.54. The summed E-state index contributed by atoms with van der Waals surface area (Å²) >= 11 is 0. The molecular weight excluding hydrogens is 339 g/mol. The number of aromatic hydroxyl groups is 5. The van der Waals surface area contributed by atoms with Crippen LogP contribution >= 0.6 is 0 Å². The van der Waals surface area contributed by atoms with E-state index in [1.165, 1.54) is 0 Å². The first-order valence-electron chi connectivity index (χ1n) is 8.11. The quantitative estimate of drug-likeness (QED) is 0.316. The molecule has 5 N–H and O–H groups in total. The summed E-state index contributed by atoms with van der Waals surface area (Å²) in [6.45, 7) is 7.68. The van der Waals surface area contributed by atoms with E-state index < -0.39 is 47.1 Å². The van der Waals surface area contributed by atoms with Gasteiger partial charge in [0.15, 0.2) is 11.5 Å². The molecule has 2 aromatic rings. The fourth-order valence-electron chi connectivity index (χ4n) is 2.78. The number of hydrogen-bond donors (Lipinski definition) is 5. The monoisotopic (exact) mass is 360 g/mol. The Balaban J connectivity index is 2.08. The summed E-state index contributed by atoms with van der Waals surface area (Å²) in [6.07, 6.45) is 0. The molecule has 0 aliphatic carbocycles. The van der Waals surface area contributed by atoms with Crippen molar-refractivity contribution >= 4 is 12.6 Å². The van der Waals surface area contributed by atoms with Gasteiger partial charge in [-0.2, -0.15) is 0 Å².